The third-order valence-corrected chi connectivity index (χ3v) is 3.37. The van der Waals surface area contributed by atoms with Crippen LogP contribution >= 0.6 is 11.8 Å². The maximum absolute atomic E-state index is 9.96. The van der Waals surface area contributed by atoms with E-state index in [9.17, 15) is 17.5 Å². The normalized spacial score (nSPS) is 13.7. The molecule has 2 atom stereocenters. The third kappa shape index (κ3) is 20.6. The van der Waals surface area contributed by atoms with Gasteiger partial charge in [-0.2, -0.15) is 11.8 Å². The number of hydrogen-bond donors (Lipinski definition) is 0. The van der Waals surface area contributed by atoms with Crippen LogP contribution in [0.15, 0.2) is 0 Å². The van der Waals surface area contributed by atoms with Crippen molar-refractivity contribution >= 4 is 33.9 Å². The van der Waals surface area contributed by atoms with E-state index in [4.69, 9.17) is 0 Å². The minimum absolute atomic E-state index is 0. The van der Waals surface area contributed by atoms with Crippen LogP contribution in [0.1, 0.15) is 0 Å². The Morgan fingerprint density at radius 1 is 0.923 bits per heavy atom. The van der Waals surface area contributed by atoms with Crippen LogP contribution in [0.5, 0.6) is 0 Å². The van der Waals surface area contributed by atoms with Gasteiger partial charge in [0, 0.05) is 23.0 Å². The van der Waals surface area contributed by atoms with Gasteiger partial charge in [0.2, 0.25) is 0 Å². The summed E-state index contributed by atoms with van der Waals surface area (Å²) >= 11 is -2.69. The van der Waals surface area contributed by atoms with Gasteiger partial charge in [0.25, 0.3) is 0 Å². The zero-order valence-electron chi connectivity index (χ0n) is 7.69. The van der Waals surface area contributed by atoms with Gasteiger partial charge >= 0.3 is 59.1 Å². The van der Waals surface area contributed by atoms with Crippen molar-refractivity contribution in [2.24, 2.45) is 0 Å². The maximum atomic E-state index is 9.96. The minimum Gasteiger partial charge on any atom is -0.772 e. The van der Waals surface area contributed by atoms with Crippen molar-refractivity contribution in [2.45, 2.75) is 0 Å². The number of hydrogen-bond acceptors (Lipinski definition) is 5. The predicted octanol–water partition coefficient (Wildman–Crippen LogP) is -6.51. The zero-order chi connectivity index (χ0) is 8.69. The molecular formula is C4H8Na2O4S3. The molecular weight excluding hydrogens is 254 g/mol. The Balaban J connectivity index is -0.000000500. The fourth-order valence-electron chi connectivity index (χ4n) is 0.356. The average molecular weight is 262 g/mol. The summed E-state index contributed by atoms with van der Waals surface area (Å²) in [5.41, 5.74) is 0. The summed E-state index contributed by atoms with van der Waals surface area (Å²) in [5, 5.41) is 0. The molecule has 0 spiro atoms. The van der Waals surface area contributed by atoms with Crippen molar-refractivity contribution in [3.63, 3.8) is 0 Å². The Kier molecular flexibility index (Phi) is 23.4. The van der Waals surface area contributed by atoms with E-state index in [0.717, 1.165) is 0 Å². The molecule has 13 heavy (non-hydrogen) atoms. The Hall–Kier alpha value is 2.57. The molecule has 2 unspecified atom stereocenters. The van der Waals surface area contributed by atoms with Gasteiger partial charge in [-0.05, 0) is 0 Å². The van der Waals surface area contributed by atoms with Crippen LogP contribution < -0.4 is 59.1 Å². The molecule has 0 amide bonds. The van der Waals surface area contributed by atoms with E-state index in [0.29, 0.717) is 11.5 Å². The van der Waals surface area contributed by atoms with Gasteiger partial charge in [-0.3, -0.25) is 8.42 Å². The Morgan fingerprint density at radius 3 is 1.46 bits per heavy atom. The average Bonchev–Trinajstić information content (AvgIpc) is 1.85. The molecule has 9 heteroatoms. The molecule has 0 aromatic heterocycles. The molecule has 0 bridgehead atoms. The van der Waals surface area contributed by atoms with Crippen molar-refractivity contribution in [3.05, 3.63) is 0 Å². The molecule has 68 valence electrons. The quantitative estimate of drug-likeness (QED) is 0.270. The molecule has 0 radical (unpaired) electrons. The first-order chi connectivity index (χ1) is 5.13. The van der Waals surface area contributed by atoms with Crippen molar-refractivity contribution in [1.29, 1.82) is 0 Å². The molecule has 0 rings (SSSR count). The van der Waals surface area contributed by atoms with Crippen LogP contribution in [0.3, 0.4) is 0 Å². The second-order valence-electron chi connectivity index (χ2n) is 1.63. The fraction of sp³-hybridized carbons (Fsp3) is 1.00. The molecule has 0 aromatic carbocycles. The molecule has 4 nitrogen and oxygen atoms in total. The molecule has 0 heterocycles. The number of thioether (sulfide) groups is 1. The van der Waals surface area contributed by atoms with Crippen molar-refractivity contribution in [2.75, 3.05) is 23.0 Å². The smallest absolute Gasteiger partial charge is 0.772 e. The van der Waals surface area contributed by atoms with Crippen LogP contribution in [0.2, 0.25) is 0 Å². The molecule has 0 saturated carbocycles. The Labute approximate surface area is 132 Å². The summed E-state index contributed by atoms with van der Waals surface area (Å²) in [6.45, 7) is 0. The largest absolute Gasteiger partial charge is 1.00 e. The first-order valence-corrected chi connectivity index (χ1v) is 6.46. The van der Waals surface area contributed by atoms with Gasteiger partial charge in [0.15, 0.2) is 0 Å². The third-order valence-electron chi connectivity index (χ3n) is 0.789. The van der Waals surface area contributed by atoms with E-state index < -0.39 is 22.2 Å². The van der Waals surface area contributed by atoms with E-state index >= 15 is 0 Å². The van der Waals surface area contributed by atoms with Crippen molar-refractivity contribution in [1.82, 2.24) is 0 Å². The summed E-state index contributed by atoms with van der Waals surface area (Å²) in [6, 6.07) is 0. The van der Waals surface area contributed by atoms with E-state index in [1.807, 2.05) is 0 Å². The van der Waals surface area contributed by atoms with E-state index in [2.05, 4.69) is 0 Å². The zero-order valence-corrected chi connectivity index (χ0v) is 14.1. The van der Waals surface area contributed by atoms with Gasteiger partial charge in [0.1, 0.15) is 0 Å². The van der Waals surface area contributed by atoms with Crippen LogP contribution in [-0.2, 0) is 22.2 Å². The predicted molar refractivity (Wildman–Crippen MR) is 44.9 cm³/mol. The summed E-state index contributed by atoms with van der Waals surface area (Å²) in [4.78, 5) is 0. The van der Waals surface area contributed by atoms with Gasteiger partial charge in [-0.25, -0.2) is 0 Å². The second kappa shape index (κ2) is 14.6. The van der Waals surface area contributed by atoms with E-state index in [1.54, 1.807) is 0 Å². The first-order valence-electron chi connectivity index (χ1n) is 2.82. The van der Waals surface area contributed by atoms with E-state index in [1.165, 1.54) is 11.8 Å². The summed E-state index contributed by atoms with van der Waals surface area (Å²) in [5.74, 6) is 1.12. The Morgan fingerprint density at radius 2 is 1.23 bits per heavy atom. The van der Waals surface area contributed by atoms with Crippen molar-refractivity contribution < 1.29 is 76.6 Å². The van der Waals surface area contributed by atoms with Crippen LogP contribution in [-0.4, -0.2) is 40.5 Å². The molecule has 0 N–H and O–H groups in total. The SMILES string of the molecule is O=S([O-])CCSCCS(=O)[O-].[Na+].[Na+]. The maximum Gasteiger partial charge on any atom is 1.00 e. The minimum atomic E-state index is -2.00. The molecule has 0 saturated heterocycles. The van der Waals surface area contributed by atoms with Gasteiger partial charge < -0.3 is 9.11 Å². The summed E-state index contributed by atoms with van der Waals surface area (Å²) < 4.78 is 39.8. The fourth-order valence-corrected chi connectivity index (χ4v) is 2.59. The van der Waals surface area contributed by atoms with E-state index in [-0.39, 0.29) is 70.6 Å². The van der Waals surface area contributed by atoms with Gasteiger partial charge in [-0.1, -0.05) is 22.2 Å². The molecule has 0 aromatic rings. The summed E-state index contributed by atoms with van der Waals surface area (Å²) in [7, 11) is 0. The molecule has 0 fully saturated rings. The van der Waals surface area contributed by atoms with Gasteiger partial charge in [0.05, 0.1) is 0 Å². The molecule has 0 aliphatic rings. The number of rotatable bonds is 6. The van der Waals surface area contributed by atoms with Crippen LogP contribution in [0.25, 0.3) is 0 Å². The monoisotopic (exact) mass is 262 g/mol. The Bertz CT molecular complexity index is 140. The molecule has 0 aliphatic carbocycles. The van der Waals surface area contributed by atoms with Gasteiger partial charge in [-0.15, -0.1) is 0 Å². The topological polar surface area (TPSA) is 80.3 Å². The first kappa shape index (κ1) is 20.9. The standard InChI is InChI=1S/C4H10O4S3.2Na/c5-10(6)3-1-9-2-4-11(7)8;;/h1-4H2,(H,5,6)(H,7,8);;/q;2*+1/p-2. The second-order valence-corrected chi connectivity index (χ2v) is 4.88. The van der Waals surface area contributed by atoms with Crippen LogP contribution in [0, 0.1) is 0 Å². The van der Waals surface area contributed by atoms with Crippen LogP contribution in [0.4, 0.5) is 0 Å². The summed E-state index contributed by atoms with van der Waals surface area (Å²) in [6.07, 6.45) is 0. The molecule has 0 aliphatic heterocycles. The van der Waals surface area contributed by atoms with Crippen molar-refractivity contribution in [3.8, 4) is 0 Å².